The summed E-state index contributed by atoms with van der Waals surface area (Å²) in [6.45, 7) is 4.22. The summed E-state index contributed by atoms with van der Waals surface area (Å²) in [5.41, 5.74) is 1.75. The van der Waals surface area contributed by atoms with Gasteiger partial charge in [-0.15, -0.1) is 0 Å². The Balaban J connectivity index is 1.32. The van der Waals surface area contributed by atoms with Crippen LogP contribution in [0.25, 0.3) is 6.08 Å². The first-order chi connectivity index (χ1) is 14.1. The molecule has 6 heteroatoms. The Bertz CT molecular complexity index is 907. The third-order valence-corrected chi connectivity index (χ3v) is 5.75. The minimum atomic E-state index is -0.372. The first-order valence-electron chi connectivity index (χ1n) is 9.92. The second-order valence-corrected chi connectivity index (χ2v) is 7.85. The van der Waals surface area contributed by atoms with E-state index in [1.165, 1.54) is 10.5 Å². The zero-order valence-corrected chi connectivity index (χ0v) is 17.0. The number of rotatable bonds is 5. The van der Waals surface area contributed by atoms with Crippen LogP contribution in [-0.2, 0) is 9.59 Å². The topological polar surface area (TPSA) is 43.9 Å². The Morgan fingerprint density at radius 3 is 2.45 bits per heavy atom. The minimum absolute atomic E-state index is 0.144. The molecule has 0 saturated carbocycles. The lowest BCUT2D eigenvalue weighted by Crippen LogP contribution is -2.52. The van der Waals surface area contributed by atoms with Crippen LogP contribution in [0.2, 0.25) is 5.02 Å². The van der Waals surface area contributed by atoms with Crippen LogP contribution in [0.5, 0.6) is 0 Å². The number of imide groups is 1. The first kappa shape index (κ1) is 19.8. The molecule has 4 rings (SSSR count). The Hall–Kier alpha value is -2.47. The Kier molecular flexibility index (Phi) is 6.09. The standard InChI is InChI=1S/C23H24ClN3O2/c24-19-9-4-10-20(16-19)27-22(28)17-21(23(27)29)26-14-12-25(13-15-26)11-5-8-18-6-2-1-3-7-18/h1-10,16,21H,11-15,17H2/b8-5-. The molecule has 2 saturated heterocycles. The number of carbonyl (C=O) groups is 2. The van der Waals surface area contributed by atoms with Crippen LogP contribution >= 0.6 is 11.6 Å². The minimum Gasteiger partial charge on any atom is -0.297 e. The van der Waals surface area contributed by atoms with E-state index in [1.807, 2.05) is 18.2 Å². The average Bonchev–Trinajstić information content (AvgIpc) is 3.03. The van der Waals surface area contributed by atoms with Crippen molar-refractivity contribution in [3.63, 3.8) is 0 Å². The number of carbonyl (C=O) groups excluding carboxylic acids is 2. The molecule has 2 aliphatic rings. The van der Waals surface area contributed by atoms with Crippen molar-refractivity contribution in [2.75, 3.05) is 37.6 Å². The monoisotopic (exact) mass is 409 g/mol. The summed E-state index contributed by atoms with van der Waals surface area (Å²) in [7, 11) is 0. The van der Waals surface area contributed by atoms with Crippen molar-refractivity contribution >= 4 is 35.2 Å². The molecule has 2 aromatic rings. The van der Waals surface area contributed by atoms with Gasteiger partial charge in [0.05, 0.1) is 18.2 Å². The molecule has 0 aliphatic carbocycles. The van der Waals surface area contributed by atoms with Crippen molar-refractivity contribution in [3.8, 4) is 0 Å². The number of benzene rings is 2. The molecule has 1 unspecified atom stereocenters. The summed E-state index contributed by atoms with van der Waals surface area (Å²) >= 11 is 6.03. The second-order valence-electron chi connectivity index (χ2n) is 7.42. The summed E-state index contributed by atoms with van der Waals surface area (Å²) in [6.07, 6.45) is 4.55. The molecule has 2 aliphatic heterocycles. The maximum Gasteiger partial charge on any atom is 0.251 e. The fourth-order valence-corrected chi connectivity index (χ4v) is 4.13. The molecule has 5 nitrogen and oxygen atoms in total. The maximum absolute atomic E-state index is 12.9. The fraction of sp³-hybridized carbons (Fsp3) is 0.304. The SMILES string of the molecule is O=C1CC(N2CCN(C/C=C\c3ccccc3)CC2)C(=O)N1c1cccc(Cl)c1. The van der Waals surface area contributed by atoms with Crippen LogP contribution < -0.4 is 4.90 Å². The van der Waals surface area contributed by atoms with Crippen LogP contribution in [0.1, 0.15) is 12.0 Å². The van der Waals surface area contributed by atoms with Gasteiger partial charge in [0, 0.05) is 37.7 Å². The highest BCUT2D eigenvalue weighted by molar-refractivity contribution is 6.31. The average molecular weight is 410 g/mol. The summed E-state index contributed by atoms with van der Waals surface area (Å²) in [6, 6.07) is 16.8. The van der Waals surface area contributed by atoms with Gasteiger partial charge >= 0.3 is 0 Å². The maximum atomic E-state index is 12.9. The molecule has 2 fully saturated rings. The van der Waals surface area contributed by atoms with E-state index in [9.17, 15) is 9.59 Å². The van der Waals surface area contributed by atoms with Gasteiger partial charge in [0.25, 0.3) is 5.91 Å². The molecular weight excluding hydrogens is 386 g/mol. The third kappa shape index (κ3) is 4.58. The number of halogens is 1. The van der Waals surface area contributed by atoms with Gasteiger partial charge in [-0.2, -0.15) is 0 Å². The van der Waals surface area contributed by atoms with Gasteiger partial charge in [0.1, 0.15) is 0 Å². The quantitative estimate of drug-likeness (QED) is 0.711. The van der Waals surface area contributed by atoms with Crippen LogP contribution in [0.4, 0.5) is 5.69 Å². The summed E-state index contributed by atoms with van der Waals surface area (Å²) in [5, 5.41) is 0.517. The fourth-order valence-electron chi connectivity index (χ4n) is 3.95. The Morgan fingerprint density at radius 1 is 0.966 bits per heavy atom. The highest BCUT2D eigenvalue weighted by atomic mass is 35.5. The van der Waals surface area contributed by atoms with Crippen molar-refractivity contribution in [2.45, 2.75) is 12.5 Å². The highest BCUT2D eigenvalue weighted by Gasteiger charge is 2.43. The number of hydrogen-bond acceptors (Lipinski definition) is 4. The molecular formula is C23H24ClN3O2. The van der Waals surface area contributed by atoms with Crippen molar-refractivity contribution in [3.05, 3.63) is 71.3 Å². The first-order valence-corrected chi connectivity index (χ1v) is 10.3. The van der Waals surface area contributed by atoms with Gasteiger partial charge in [0.15, 0.2) is 0 Å². The van der Waals surface area contributed by atoms with Crippen molar-refractivity contribution < 1.29 is 9.59 Å². The van der Waals surface area contributed by atoms with Gasteiger partial charge in [0.2, 0.25) is 5.91 Å². The molecule has 2 aromatic carbocycles. The van der Waals surface area contributed by atoms with Crippen LogP contribution in [0.3, 0.4) is 0 Å². The van der Waals surface area contributed by atoms with Crippen molar-refractivity contribution in [1.82, 2.24) is 9.80 Å². The molecule has 1 atom stereocenters. The summed E-state index contributed by atoms with van der Waals surface area (Å²) in [5.74, 6) is -0.301. The van der Waals surface area contributed by atoms with Gasteiger partial charge in [-0.05, 0) is 23.8 Å². The second kappa shape index (κ2) is 8.91. The molecule has 2 amide bonds. The molecule has 0 bridgehead atoms. The number of nitrogens with zero attached hydrogens (tertiary/aromatic N) is 3. The van der Waals surface area contributed by atoms with Crippen LogP contribution in [0, 0.1) is 0 Å². The van der Waals surface area contributed by atoms with E-state index in [2.05, 4.69) is 34.1 Å². The van der Waals surface area contributed by atoms with Gasteiger partial charge < -0.3 is 0 Å². The molecule has 0 aromatic heterocycles. The smallest absolute Gasteiger partial charge is 0.251 e. The van der Waals surface area contributed by atoms with E-state index in [4.69, 9.17) is 11.6 Å². The van der Waals surface area contributed by atoms with E-state index in [1.54, 1.807) is 24.3 Å². The highest BCUT2D eigenvalue weighted by Crippen LogP contribution is 2.28. The molecule has 2 heterocycles. The van der Waals surface area contributed by atoms with Gasteiger partial charge in [-0.1, -0.05) is 60.2 Å². The van der Waals surface area contributed by atoms with E-state index in [0.29, 0.717) is 10.7 Å². The molecule has 150 valence electrons. The van der Waals surface area contributed by atoms with Crippen molar-refractivity contribution in [2.24, 2.45) is 0 Å². The van der Waals surface area contributed by atoms with Gasteiger partial charge in [-0.3, -0.25) is 19.4 Å². The number of hydrogen-bond donors (Lipinski definition) is 0. The zero-order valence-electron chi connectivity index (χ0n) is 16.2. The molecule has 29 heavy (non-hydrogen) atoms. The predicted octanol–water partition coefficient (Wildman–Crippen LogP) is 3.30. The third-order valence-electron chi connectivity index (χ3n) is 5.51. The summed E-state index contributed by atoms with van der Waals surface area (Å²) < 4.78 is 0. The Morgan fingerprint density at radius 2 is 1.72 bits per heavy atom. The summed E-state index contributed by atoms with van der Waals surface area (Å²) in [4.78, 5) is 31.2. The predicted molar refractivity (Wildman–Crippen MR) is 116 cm³/mol. The Labute approximate surface area is 176 Å². The van der Waals surface area contributed by atoms with Crippen LogP contribution in [-0.4, -0.2) is 60.4 Å². The molecule has 0 N–H and O–H groups in total. The van der Waals surface area contributed by atoms with E-state index in [-0.39, 0.29) is 24.3 Å². The van der Waals surface area contributed by atoms with E-state index >= 15 is 0 Å². The lowest BCUT2D eigenvalue weighted by Gasteiger charge is -2.36. The van der Waals surface area contributed by atoms with Gasteiger partial charge in [-0.25, -0.2) is 4.90 Å². The number of piperazine rings is 1. The number of anilines is 1. The normalized spacial score (nSPS) is 21.4. The lowest BCUT2D eigenvalue weighted by atomic mass is 10.1. The molecule has 0 spiro atoms. The zero-order chi connectivity index (χ0) is 20.2. The van der Waals surface area contributed by atoms with Crippen LogP contribution in [0.15, 0.2) is 60.7 Å². The largest absolute Gasteiger partial charge is 0.297 e. The molecule has 0 radical (unpaired) electrons. The van der Waals surface area contributed by atoms with E-state index < -0.39 is 0 Å². The van der Waals surface area contributed by atoms with Crippen molar-refractivity contribution in [1.29, 1.82) is 0 Å². The number of amides is 2. The lowest BCUT2D eigenvalue weighted by molar-refractivity contribution is -0.123. The van der Waals surface area contributed by atoms with E-state index in [0.717, 1.165) is 32.7 Å².